The number of aromatic nitrogens is 2. The molecule has 2 aromatic heterocycles. The molecule has 1 aliphatic rings. The van der Waals surface area contributed by atoms with Crippen LogP contribution in [0.5, 0.6) is 23.0 Å². The van der Waals surface area contributed by atoms with Crippen molar-refractivity contribution in [2.45, 2.75) is 12.1 Å². The first-order valence-electron chi connectivity index (χ1n) is 11.8. The highest BCUT2D eigenvalue weighted by molar-refractivity contribution is 9.09. The lowest BCUT2D eigenvalue weighted by atomic mass is 9.95. The van der Waals surface area contributed by atoms with Gasteiger partial charge < -0.3 is 38.9 Å². The highest BCUT2D eigenvalue weighted by Crippen LogP contribution is 2.50. The number of halogens is 4. The van der Waals surface area contributed by atoms with Crippen molar-refractivity contribution < 1.29 is 46.8 Å². The molecule has 0 bridgehead atoms. The number of H-pyrrole nitrogens is 2. The van der Waals surface area contributed by atoms with Crippen molar-refractivity contribution in [2.24, 2.45) is 0 Å². The quantitative estimate of drug-likeness (QED) is 0.195. The van der Waals surface area contributed by atoms with Gasteiger partial charge in [-0.25, -0.2) is 4.79 Å². The van der Waals surface area contributed by atoms with Gasteiger partial charge in [0, 0.05) is 40.7 Å². The molecule has 0 spiro atoms. The summed E-state index contributed by atoms with van der Waals surface area (Å²) in [6, 6.07) is 4.42. The average molecular weight is 626 g/mol. The average Bonchev–Trinajstić information content (AvgIpc) is 3.64. The highest BCUT2D eigenvalue weighted by atomic mass is 79.9. The number of hydrogen-bond acceptors (Lipinski definition) is 7. The van der Waals surface area contributed by atoms with Gasteiger partial charge in [-0.3, -0.25) is 4.79 Å². The van der Waals surface area contributed by atoms with Crippen molar-refractivity contribution in [1.82, 2.24) is 9.97 Å². The number of rotatable bonds is 6. The number of hydrogen-bond donors (Lipinski definition) is 3. The van der Waals surface area contributed by atoms with Crippen LogP contribution in [0.15, 0.2) is 18.2 Å². The van der Waals surface area contributed by atoms with Crippen LogP contribution in [0.4, 0.5) is 18.9 Å². The summed E-state index contributed by atoms with van der Waals surface area (Å²) >= 11 is 3.39. The second-order valence-electron chi connectivity index (χ2n) is 9.00. The largest absolute Gasteiger partial charge is 0.506 e. The van der Waals surface area contributed by atoms with Gasteiger partial charge in [0.2, 0.25) is 5.75 Å². The Morgan fingerprint density at radius 3 is 2.35 bits per heavy atom. The molecule has 1 unspecified atom stereocenters. The predicted octanol–water partition coefficient (Wildman–Crippen LogP) is 5.32. The van der Waals surface area contributed by atoms with E-state index in [0.717, 1.165) is 7.11 Å². The van der Waals surface area contributed by atoms with Crippen molar-refractivity contribution in [3.8, 4) is 23.0 Å². The smallest absolute Gasteiger partial charge is 0.432 e. The first-order chi connectivity index (χ1) is 19.0. The molecule has 40 heavy (non-hydrogen) atoms. The van der Waals surface area contributed by atoms with E-state index >= 15 is 0 Å². The monoisotopic (exact) mass is 625 g/mol. The number of phenolic OH excluding ortho intramolecular Hbond substituents is 1. The van der Waals surface area contributed by atoms with Crippen molar-refractivity contribution >= 4 is 55.3 Å². The molecule has 212 valence electrons. The molecule has 4 aromatic rings. The molecule has 3 heterocycles. The van der Waals surface area contributed by atoms with Crippen molar-refractivity contribution in [1.29, 1.82) is 0 Å². The summed E-state index contributed by atoms with van der Waals surface area (Å²) in [6.07, 6.45) is -4.94. The molecule has 1 aliphatic heterocycles. The number of nitrogens with zero attached hydrogens (tertiary/aromatic N) is 1. The van der Waals surface area contributed by atoms with Crippen molar-refractivity contribution in [3.63, 3.8) is 0 Å². The Morgan fingerprint density at radius 2 is 1.77 bits per heavy atom. The van der Waals surface area contributed by atoms with Crippen LogP contribution >= 0.6 is 15.9 Å². The van der Waals surface area contributed by atoms with Gasteiger partial charge in [0.1, 0.15) is 17.1 Å². The summed E-state index contributed by atoms with van der Waals surface area (Å²) in [6.45, 7) is 0.0598. The zero-order chi connectivity index (χ0) is 29.1. The van der Waals surface area contributed by atoms with E-state index in [-0.39, 0.29) is 34.2 Å². The third-order valence-corrected chi connectivity index (χ3v) is 7.72. The maximum Gasteiger partial charge on any atom is 0.432 e. The summed E-state index contributed by atoms with van der Waals surface area (Å²) in [5, 5.41) is 11.4. The van der Waals surface area contributed by atoms with Gasteiger partial charge in [0.05, 0.1) is 50.7 Å². The topological polar surface area (TPSA) is 126 Å². The zero-order valence-electron chi connectivity index (χ0n) is 21.6. The molecule has 0 saturated heterocycles. The Labute approximate surface area is 233 Å². The maximum absolute atomic E-state index is 13.9. The molecule has 10 nitrogen and oxygen atoms in total. The Kier molecular flexibility index (Phi) is 6.76. The van der Waals surface area contributed by atoms with E-state index < -0.39 is 41.0 Å². The number of carbonyl (C=O) groups excluding carboxylic acids is 2. The Balaban J connectivity index is 1.71. The van der Waals surface area contributed by atoms with E-state index in [1.165, 1.54) is 32.3 Å². The highest BCUT2D eigenvalue weighted by Gasteiger charge is 2.43. The first kappa shape index (κ1) is 27.5. The molecular weight excluding hydrogens is 603 g/mol. The number of nitrogens with one attached hydrogen (secondary N) is 2. The lowest BCUT2D eigenvalue weighted by Gasteiger charge is -2.17. The van der Waals surface area contributed by atoms with E-state index in [9.17, 15) is 27.9 Å². The summed E-state index contributed by atoms with van der Waals surface area (Å²) < 4.78 is 62.7. The third kappa shape index (κ3) is 4.00. The van der Waals surface area contributed by atoms with Gasteiger partial charge >= 0.3 is 12.1 Å². The molecule has 2 aromatic carbocycles. The minimum absolute atomic E-state index is 0.0598. The number of methoxy groups -OCH3 is 4. The molecule has 3 N–H and O–H groups in total. The number of phenols is 1. The van der Waals surface area contributed by atoms with Gasteiger partial charge in [-0.05, 0) is 11.6 Å². The van der Waals surface area contributed by atoms with Crippen LogP contribution in [0.3, 0.4) is 0 Å². The van der Waals surface area contributed by atoms with Crippen LogP contribution < -0.4 is 19.1 Å². The summed E-state index contributed by atoms with van der Waals surface area (Å²) in [7, 11) is 5.33. The number of alkyl halides is 4. The number of aromatic amines is 2. The van der Waals surface area contributed by atoms with Crippen molar-refractivity contribution in [3.05, 3.63) is 40.7 Å². The standard InChI is InChI=1S/C26H23BrF3N3O7/c1-37-16-6-12-11(21(38-2)22(16)39-3)5-13(31-12)24(35)33-9-10(8-27)17-14(33)7-15(34)20-18(17)19(25(36)40-4)23(32-20)26(28,29)30/h5-7,10,31-32,34H,8-9H2,1-4H3. The predicted molar refractivity (Wildman–Crippen MR) is 142 cm³/mol. The van der Waals surface area contributed by atoms with Crippen LogP contribution in [0.25, 0.3) is 21.8 Å². The van der Waals surface area contributed by atoms with Crippen LogP contribution in [0, 0.1) is 0 Å². The number of carbonyl (C=O) groups is 2. The third-order valence-electron chi connectivity index (χ3n) is 6.94. The molecule has 5 rings (SSSR count). The SMILES string of the molecule is COC(=O)c1c(C(F)(F)F)[nH]c2c(O)cc3c(c12)C(CBr)CN3C(=O)c1cc2c(OC)c(OC)c(OC)cc2[nH]1. The Bertz CT molecular complexity index is 1680. The van der Waals surface area contributed by atoms with Crippen LogP contribution in [0.2, 0.25) is 0 Å². The van der Waals surface area contributed by atoms with E-state index in [1.54, 1.807) is 12.1 Å². The summed E-state index contributed by atoms with van der Waals surface area (Å²) in [4.78, 5) is 33.0. The van der Waals surface area contributed by atoms with Gasteiger partial charge in [-0.15, -0.1) is 0 Å². The minimum atomic E-state index is -4.94. The number of esters is 1. The number of benzene rings is 2. The summed E-state index contributed by atoms with van der Waals surface area (Å²) in [5.41, 5.74) is -1.26. The zero-order valence-corrected chi connectivity index (χ0v) is 23.2. The molecule has 0 saturated carbocycles. The first-order valence-corrected chi connectivity index (χ1v) is 12.9. The van der Waals surface area contributed by atoms with Gasteiger partial charge in [-0.1, -0.05) is 15.9 Å². The fourth-order valence-electron chi connectivity index (χ4n) is 5.26. The lowest BCUT2D eigenvalue weighted by molar-refractivity contribution is -0.141. The molecule has 1 atom stereocenters. The van der Waals surface area contributed by atoms with E-state index in [0.29, 0.717) is 33.7 Å². The van der Waals surface area contributed by atoms with E-state index in [1.807, 2.05) is 0 Å². The van der Waals surface area contributed by atoms with Crippen molar-refractivity contribution in [2.75, 3.05) is 45.2 Å². The van der Waals surface area contributed by atoms with Gasteiger partial charge in [-0.2, -0.15) is 13.2 Å². The number of ether oxygens (including phenoxy) is 4. The Hall–Kier alpha value is -4.07. The number of amides is 1. The number of aromatic hydroxyl groups is 1. The molecule has 14 heteroatoms. The van der Waals surface area contributed by atoms with Crippen LogP contribution in [0.1, 0.15) is 38.0 Å². The summed E-state index contributed by atoms with van der Waals surface area (Å²) in [5.74, 6) is -1.79. The normalized spacial score (nSPS) is 15.0. The molecule has 0 radical (unpaired) electrons. The van der Waals surface area contributed by atoms with Gasteiger partial charge in [0.25, 0.3) is 5.91 Å². The Morgan fingerprint density at radius 1 is 1.07 bits per heavy atom. The minimum Gasteiger partial charge on any atom is -0.506 e. The van der Waals surface area contributed by atoms with E-state index in [4.69, 9.17) is 14.2 Å². The molecular formula is C26H23BrF3N3O7. The lowest BCUT2D eigenvalue weighted by Crippen LogP contribution is -2.30. The fraction of sp³-hybridized carbons (Fsp3) is 0.308. The number of fused-ring (bicyclic) bond motifs is 4. The van der Waals surface area contributed by atoms with Crippen LogP contribution in [-0.2, 0) is 10.9 Å². The maximum atomic E-state index is 13.9. The second-order valence-corrected chi connectivity index (χ2v) is 9.65. The fourth-order valence-corrected chi connectivity index (χ4v) is 5.79. The molecule has 0 aliphatic carbocycles. The van der Waals surface area contributed by atoms with E-state index in [2.05, 4.69) is 30.6 Å². The second kappa shape index (κ2) is 9.84. The number of anilines is 1. The van der Waals surface area contributed by atoms with Crippen LogP contribution in [-0.4, -0.2) is 67.3 Å². The molecule has 0 fully saturated rings. The molecule has 1 amide bonds. The van der Waals surface area contributed by atoms with Gasteiger partial charge in [0.15, 0.2) is 11.5 Å².